The summed E-state index contributed by atoms with van der Waals surface area (Å²) in [6.07, 6.45) is 0. The molecule has 0 fully saturated rings. The first-order chi connectivity index (χ1) is 16.2. The molecule has 0 saturated carbocycles. The van der Waals surface area contributed by atoms with Gasteiger partial charge in [-0.25, -0.2) is 8.42 Å². The van der Waals surface area contributed by atoms with E-state index in [-0.39, 0.29) is 9.79 Å². The fourth-order valence-electron chi connectivity index (χ4n) is 3.28. The fraction of sp³-hybridized carbons (Fsp3) is 0.0769. The number of aryl methyl sites for hydroxylation is 1. The molecule has 34 heavy (non-hydrogen) atoms. The monoisotopic (exact) mass is 496 g/mol. The van der Waals surface area contributed by atoms with Gasteiger partial charge in [0, 0.05) is 0 Å². The number of hydrogen-bond donors (Lipinski definition) is 2. The topological polar surface area (TPSA) is 93.1 Å². The Labute approximate surface area is 200 Å². The van der Waals surface area contributed by atoms with E-state index < -0.39 is 20.4 Å². The minimum atomic E-state index is -3.61. The van der Waals surface area contributed by atoms with Crippen LogP contribution in [0.5, 0.6) is 17.2 Å². The lowest BCUT2D eigenvalue weighted by Gasteiger charge is -2.32. The van der Waals surface area contributed by atoms with Crippen molar-refractivity contribution in [1.82, 2.24) is 0 Å². The zero-order chi connectivity index (χ0) is 24.3. The first-order valence-electron chi connectivity index (χ1n) is 10.3. The second-order valence-corrected chi connectivity index (χ2v) is 11.6. The lowest BCUT2D eigenvalue weighted by molar-refractivity contribution is 0.414. The lowest BCUT2D eigenvalue weighted by Crippen LogP contribution is -2.01. The summed E-state index contributed by atoms with van der Waals surface area (Å²) in [7, 11) is -5.25. The SMILES string of the molecule is COc1ccc(S(O)(O)c2ccc(Oc3ccc(S(=O)(=O)c4ccc(C)cc4)cc3)cc2)cc1. The van der Waals surface area contributed by atoms with Crippen LogP contribution in [-0.2, 0) is 9.84 Å². The molecule has 4 aromatic rings. The van der Waals surface area contributed by atoms with Crippen LogP contribution in [0.4, 0.5) is 0 Å². The zero-order valence-corrected chi connectivity index (χ0v) is 20.2. The summed E-state index contributed by atoms with van der Waals surface area (Å²) in [6.45, 7) is 1.90. The Hall–Kier alpha value is -3.30. The van der Waals surface area contributed by atoms with Crippen molar-refractivity contribution in [2.75, 3.05) is 7.11 Å². The van der Waals surface area contributed by atoms with Crippen LogP contribution in [0.1, 0.15) is 5.56 Å². The average Bonchev–Trinajstić information content (AvgIpc) is 2.85. The molecule has 4 aromatic carbocycles. The quantitative estimate of drug-likeness (QED) is 0.292. The van der Waals surface area contributed by atoms with Crippen LogP contribution in [0.2, 0.25) is 0 Å². The minimum absolute atomic E-state index is 0.174. The van der Waals surface area contributed by atoms with E-state index in [2.05, 4.69) is 0 Å². The molecule has 2 N–H and O–H groups in total. The number of benzene rings is 4. The maximum Gasteiger partial charge on any atom is 0.206 e. The van der Waals surface area contributed by atoms with Crippen molar-refractivity contribution in [3.05, 3.63) is 103 Å². The van der Waals surface area contributed by atoms with Crippen molar-refractivity contribution >= 4 is 20.4 Å². The van der Waals surface area contributed by atoms with E-state index in [9.17, 15) is 17.5 Å². The molecule has 0 atom stereocenters. The number of hydrogen-bond acceptors (Lipinski definition) is 6. The Morgan fingerprint density at radius 2 is 0.912 bits per heavy atom. The molecule has 0 aliphatic heterocycles. The molecule has 8 heteroatoms. The van der Waals surface area contributed by atoms with E-state index >= 15 is 0 Å². The third-order valence-corrected chi connectivity index (χ3v) is 8.89. The number of methoxy groups -OCH3 is 1. The second-order valence-electron chi connectivity index (χ2n) is 7.59. The molecule has 0 radical (unpaired) electrons. The summed E-state index contributed by atoms with van der Waals surface area (Å²) in [5.74, 6) is 1.56. The van der Waals surface area contributed by atoms with Crippen molar-refractivity contribution in [2.24, 2.45) is 0 Å². The Kier molecular flexibility index (Phi) is 6.67. The Bertz CT molecular complexity index is 1360. The number of rotatable bonds is 7. The summed E-state index contributed by atoms with van der Waals surface area (Å²) in [5, 5.41) is 0. The molecule has 0 amide bonds. The predicted molar refractivity (Wildman–Crippen MR) is 132 cm³/mol. The molecular formula is C26H24O6S2. The van der Waals surface area contributed by atoms with Crippen LogP contribution in [0, 0.1) is 6.92 Å². The molecule has 0 spiro atoms. The average molecular weight is 497 g/mol. The summed E-state index contributed by atoms with van der Waals surface area (Å²) < 4.78 is 58.0. The molecule has 0 unspecified atom stereocenters. The lowest BCUT2D eigenvalue weighted by atomic mass is 10.2. The summed E-state index contributed by atoms with van der Waals surface area (Å²) >= 11 is 0. The normalized spacial score (nSPS) is 12.2. The largest absolute Gasteiger partial charge is 0.497 e. The smallest absolute Gasteiger partial charge is 0.206 e. The van der Waals surface area contributed by atoms with Gasteiger partial charge in [-0.3, -0.25) is 9.11 Å². The maximum absolute atomic E-state index is 12.8. The molecule has 0 aliphatic rings. The first kappa shape index (κ1) is 23.8. The van der Waals surface area contributed by atoms with Crippen LogP contribution in [0.25, 0.3) is 0 Å². The Morgan fingerprint density at radius 3 is 1.32 bits per heavy atom. The molecular weight excluding hydrogens is 472 g/mol. The maximum atomic E-state index is 12.8. The predicted octanol–water partition coefficient (Wildman–Crippen LogP) is 6.80. The van der Waals surface area contributed by atoms with E-state index in [1.807, 2.05) is 6.92 Å². The van der Waals surface area contributed by atoms with Crippen LogP contribution >= 0.6 is 10.6 Å². The van der Waals surface area contributed by atoms with Crippen LogP contribution in [0.15, 0.2) is 117 Å². The van der Waals surface area contributed by atoms with Gasteiger partial charge in [0.05, 0.1) is 26.7 Å². The van der Waals surface area contributed by atoms with Gasteiger partial charge in [-0.15, -0.1) is 10.6 Å². The highest BCUT2D eigenvalue weighted by atomic mass is 32.3. The van der Waals surface area contributed by atoms with Crippen LogP contribution in [-0.4, -0.2) is 24.6 Å². The summed E-state index contributed by atoms with van der Waals surface area (Å²) in [6, 6.07) is 25.9. The molecule has 4 rings (SSSR count). The van der Waals surface area contributed by atoms with Gasteiger partial charge < -0.3 is 9.47 Å². The zero-order valence-electron chi connectivity index (χ0n) is 18.6. The fourth-order valence-corrected chi connectivity index (χ4v) is 5.84. The van der Waals surface area contributed by atoms with E-state index in [1.165, 1.54) is 12.1 Å². The van der Waals surface area contributed by atoms with E-state index in [0.717, 1.165) is 5.56 Å². The van der Waals surface area contributed by atoms with Crippen molar-refractivity contribution in [3.63, 3.8) is 0 Å². The standard InChI is InChI=1S/C26H24O6S2/c1-19-3-11-23(12-4-19)33(27,28)25-15-7-21(8-16-25)32-22-9-17-26(18-10-22)34(29,30)24-13-5-20(31-2)6-14-24/h3-18,29-30H,1-2H3. The van der Waals surface area contributed by atoms with Crippen molar-refractivity contribution < 1.29 is 27.0 Å². The first-order valence-corrected chi connectivity index (χ1v) is 13.4. The molecule has 6 nitrogen and oxygen atoms in total. The van der Waals surface area contributed by atoms with E-state index in [4.69, 9.17) is 9.47 Å². The third-order valence-electron chi connectivity index (χ3n) is 5.24. The molecule has 0 saturated heterocycles. The van der Waals surface area contributed by atoms with Gasteiger partial charge in [0.15, 0.2) is 0 Å². The number of sulfone groups is 1. The highest BCUT2D eigenvalue weighted by Crippen LogP contribution is 2.55. The van der Waals surface area contributed by atoms with Crippen molar-refractivity contribution in [1.29, 1.82) is 0 Å². The van der Waals surface area contributed by atoms with Crippen LogP contribution in [0.3, 0.4) is 0 Å². The Morgan fingerprint density at radius 1 is 0.559 bits per heavy atom. The minimum Gasteiger partial charge on any atom is -0.497 e. The summed E-state index contributed by atoms with van der Waals surface area (Å²) in [4.78, 5) is 1.14. The van der Waals surface area contributed by atoms with Gasteiger partial charge >= 0.3 is 0 Å². The van der Waals surface area contributed by atoms with Crippen molar-refractivity contribution in [2.45, 2.75) is 26.5 Å². The van der Waals surface area contributed by atoms with Gasteiger partial charge in [-0.2, -0.15) is 0 Å². The van der Waals surface area contributed by atoms with Gasteiger partial charge in [0.2, 0.25) is 9.84 Å². The van der Waals surface area contributed by atoms with E-state index in [1.54, 1.807) is 92.0 Å². The molecule has 0 bridgehead atoms. The van der Waals surface area contributed by atoms with Crippen LogP contribution < -0.4 is 9.47 Å². The molecule has 176 valence electrons. The third kappa shape index (κ3) is 4.95. The summed E-state index contributed by atoms with van der Waals surface area (Å²) in [5.41, 5.74) is 0.985. The highest BCUT2D eigenvalue weighted by molar-refractivity contribution is 8.24. The van der Waals surface area contributed by atoms with Gasteiger partial charge in [-0.1, -0.05) is 17.7 Å². The van der Waals surface area contributed by atoms with Gasteiger partial charge in [0.1, 0.15) is 17.2 Å². The van der Waals surface area contributed by atoms with Crippen molar-refractivity contribution in [3.8, 4) is 17.2 Å². The number of ether oxygens (including phenoxy) is 2. The molecule has 0 heterocycles. The second kappa shape index (κ2) is 9.52. The van der Waals surface area contributed by atoms with E-state index in [0.29, 0.717) is 27.0 Å². The highest BCUT2D eigenvalue weighted by Gasteiger charge is 2.20. The molecule has 0 aromatic heterocycles. The Balaban J connectivity index is 1.48. The molecule has 0 aliphatic carbocycles. The van der Waals surface area contributed by atoms with Gasteiger partial charge in [-0.05, 0) is 91.9 Å². The van der Waals surface area contributed by atoms with Gasteiger partial charge in [0.25, 0.3) is 0 Å².